The minimum Gasteiger partial charge on any atom is -0.481 e. The molecule has 0 bridgehead atoms. The Balaban J connectivity index is 2.91. The number of nitrogens with one attached hydrogen (secondary N) is 2. The molecule has 0 aliphatic heterocycles. The molecule has 0 heterocycles. The first-order valence-corrected chi connectivity index (χ1v) is 9.28. The Morgan fingerprint density at radius 3 is 2.37 bits per heavy atom. The van der Waals surface area contributed by atoms with Gasteiger partial charge in [-0.05, 0) is 52.7 Å². The van der Waals surface area contributed by atoms with Crippen molar-refractivity contribution in [3.8, 4) is 0 Å². The molecule has 150 valence electrons. The highest BCUT2D eigenvalue weighted by Crippen LogP contribution is 2.20. The first kappa shape index (κ1) is 22.5. The van der Waals surface area contributed by atoms with Gasteiger partial charge in [0.25, 0.3) is 5.91 Å². The van der Waals surface area contributed by atoms with Gasteiger partial charge in [0.05, 0.1) is 11.3 Å². The number of para-hydroxylation sites is 1. The van der Waals surface area contributed by atoms with Crippen molar-refractivity contribution in [3.05, 3.63) is 29.8 Å². The number of rotatable bonds is 9. The molecule has 0 aliphatic rings. The van der Waals surface area contributed by atoms with Gasteiger partial charge in [0.1, 0.15) is 0 Å². The Hall–Kier alpha value is -2.57. The number of benzene rings is 1. The Bertz CT molecular complexity index is 671. The first-order valence-electron chi connectivity index (χ1n) is 9.28. The second kappa shape index (κ2) is 9.94. The topological polar surface area (TPSA) is 98.7 Å². The number of amides is 3. The molecule has 1 aromatic carbocycles. The van der Waals surface area contributed by atoms with E-state index in [1.54, 1.807) is 43.0 Å². The van der Waals surface area contributed by atoms with E-state index < -0.39 is 17.5 Å². The molecule has 0 saturated carbocycles. The third-order valence-corrected chi connectivity index (χ3v) is 4.17. The predicted molar refractivity (Wildman–Crippen MR) is 106 cm³/mol. The molecular formula is C20H31N3O4. The highest BCUT2D eigenvalue weighted by atomic mass is 16.4. The molecule has 1 aromatic rings. The number of carbonyl (C=O) groups excluding carboxylic acids is 2. The number of nitrogens with zero attached hydrogens (tertiary/aromatic N) is 1. The van der Waals surface area contributed by atoms with E-state index in [0.717, 1.165) is 6.42 Å². The van der Waals surface area contributed by atoms with Gasteiger partial charge in [-0.25, -0.2) is 4.79 Å². The molecule has 3 N–H and O–H groups in total. The summed E-state index contributed by atoms with van der Waals surface area (Å²) in [6.07, 6.45) is 1.11. The fourth-order valence-corrected chi connectivity index (χ4v) is 2.71. The standard InChI is InChI=1S/C20H31N3O4/c1-6-13-23(14(2)3)18(26)15-9-7-8-10-16(15)21-19(27)22-20(4,5)12-11-17(24)25/h7-10,14H,6,11-13H2,1-5H3,(H,24,25)(H2,21,22,27). The Kier molecular flexibility index (Phi) is 8.28. The van der Waals surface area contributed by atoms with Crippen LogP contribution in [0, 0.1) is 0 Å². The molecule has 7 heteroatoms. The molecule has 0 atom stereocenters. The van der Waals surface area contributed by atoms with Crippen molar-refractivity contribution in [2.24, 2.45) is 0 Å². The van der Waals surface area contributed by atoms with Gasteiger partial charge in [0.15, 0.2) is 0 Å². The summed E-state index contributed by atoms with van der Waals surface area (Å²) in [7, 11) is 0. The third kappa shape index (κ3) is 7.29. The number of aliphatic carboxylic acids is 1. The van der Waals surface area contributed by atoms with Crippen molar-refractivity contribution in [3.63, 3.8) is 0 Å². The average molecular weight is 377 g/mol. The zero-order chi connectivity index (χ0) is 20.6. The SMILES string of the molecule is CCCN(C(=O)c1ccccc1NC(=O)NC(C)(C)CCC(=O)O)C(C)C. The maximum absolute atomic E-state index is 12.9. The summed E-state index contributed by atoms with van der Waals surface area (Å²) < 4.78 is 0. The Morgan fingerprint density at radius 2 is 1.81 bits per heavy atom. The summed E-state index contributed by atoms with van der Waals surface area (Å²) in [6.45, 7) is 10.1. The number of carboxylic acid groups (broad SMARTS) is 1. The van der Waals surface area contributed by atoms with Crippen molar-refractivity contribution in [2.45, 2.75) is 65.5 Å². The van der Waals surface area contributed by atoms with Crippen LogP contribution >= 0.6 is 0 Å². The number of carboxylic acids is 1. The number of hydrogen-bond donors (Lipinski definition) is 3. The fourth-order valence-electron chi connectivity index (χ4n) is 2.71. The van der Waals surface area contributed by atoms with Crippen molar-refractivity contribution >= 4 is 23.6 Å². The van der Waals surface area contributed by atoms with Crippen LogP contribution in [0.2, 0.25) is 0 Å². The maximum Gasteiger partial charge on any atom is 0.319 e. The van der Waals surface area contributed by atoms with Gasteiger partial charge in [-0.1, -0.05) is 19.1 Å². The van der Waals surface area contributed by atoms with E-state index in [2.05, 4.69) is 10.6 Å². The molecule has 7 nitrogen and oxygen atoms in total. The van der Waals surface area contributed by atoms with E-state index in [9.17, 15) is 14.4 Å². The van der Waals surface area contributed by atoms with Gasteiger partial charge in [-0.15, -0.1) is 0 Å². The van der Waals surface area contributed by atoms with Crippen LogP contribution in [0.25, 0.3) is 0 Å². The van der Waals surface area contributed by atoms with Gasteiger partial charge >= 0.3 is 12.0 Å². The lowest BCUT2D eigenvalue weighted by Gasteiger charge is -2.28. The Labute approximate surface area is 161 Å². The van der Waals surface area contributed by atoms with Crippen LogP contribution in [0.4, 0.5) is 10.5 Å². The van der Waals surface area contributed by atoms with E-state index in [1.807, 2.05) is 20.8 Å². The van der Waals surface area contributed by atoms with Crippen LogP contribution in [-0.4, -0.2) is 46.0 Å². The summed E-state index contributed by atoms with van der Waals surface area (Å²) in [5, 5.41) is 14.3. The summed E-state index contributed by atoms with van der Waals surface area (Å²) in [4.78, 5) is 37.8. The van der Waals surface area contributed by atoms with Gasteiger partial charge in [0, 0.05) is 24.5 Å². The first-order chi connectivity index (χ1) is 12.6. The molecular weight excluding hydrogens is 346 g/mol. The lowest BCUT2D eigenvalue weighted by atomic mass is 9.99. The molecule has 0 aromatic heterocycles. The van der Waals surface area contributed by atoms with Crippen molar-refractivity contribution < 1.29 is 19.5 Å². The van der Waals surface area contributed by atoms with Gasteiger partial charge in [0.2, 0.25) is 0 Å². The fraction of sp³-hybridized carbons (Fsp3) is 0.550. The lowest BCUT2D eigenvalue weighted by molar-refractivity contribution is -0.137. The van der Waals surface area contributed by atoms with Crippen LogP contribution in [0.15, 0.2) is 24.3 Å². The van der Waals surface area contributed by atoms with E-state index >= 15 is 0 Å². The molecule has 3 amide bonds. The van der Waals surface area contributed by atoms with Crippen LogP contribution < -0.4 is 10.6 Å². The summed E-state index contributed by atoms with van der Waals surface area (Å²) in [5.41, 5.74) is 0.169. The minimum absolute atomic E-state index is 0.0390. The zero-order valence-corrected chi connectivity index (χ0v) is 16.8. The molecule has 0 fully saturated rings. The van der Waals surface area contributed by atoms with Crippen LogP contribution in [0.3, 0.4) is 0 Å². The lowest BCUT2D eigenvalue weighted by Crippen LogP contribution is -2.46. The molecule has 1 rings (SSSR count). The smallest absolute Gasteiger partial charge is 0.319 e. The normalized spacial score (nSPS) is 11.2. The van der Waals surface area contributed by atoms with Crippen molar-refractivity contribution in [1.82, 2.24) is 10.2 Å². The van der Waals surface area contributed by atoms with E-state index in [1.165, 1.54) is 0 Å². The summed E-state index contributed by atoms with van der Waals surface area (Å²) in [6, 6.07) is 6.46. The Morgan fingerprint density at radius 1 is 1.19 bits per heavy atom. The number of hydrogen-bond acceptors (Lipinski definition) is 3. The zero-order valence-electron chi connectivity index (χ0n) is 16.8. The van der Waals surface area contributed by atoms with Gasteiger partial charge in [-0.3, -0.25) is 9.59 Å². The van der Waals surface area contributed by atoms with Crippen molar-refractivity contribution in [2.75, 3.05) is 11.9 Å². The predicted octanol–water partition coefficient (Wildman–Crippen LogP) is 3.71. The van der Waals surface area contributed by atoms with Crippen LogP contribution in [-0.2, 0) is 4.79 Å². The second-order valence-electron chi connectivity index (χ2n) is 7.49. The van der Waals surface area contributed by atoms with E-state index in [0.29, 0.717) is 24.2 Å². The molecule has 0 unspecified atom stereocenters. The maximum atomic E-state index is 12.9. The van der Waals surface area contributed by atoms with E-state index in [-0.39, 0.29) is 18.4 Å². The van der Waals surface area contributed by atoms with Crippen molar-refractivity contribution in [1.29, 1.82) is 0 Å². The van der Waals surface area contributed by atoms with Gasteiger partial charge in [-0.2, -0.15) is 0 Å². The molecule has 0 spiro atoms. The highest BCUT2D eigenvalue weighted by molar-refractivity contribution is 6.03. The molecule has 0 aliphatic carbocycles. The van der Waals surface area contributed by atoms with E-state index in [4.69, 9.17) is 5.11 Å². The quantitative estimate of drug-likeness (QED) is 0.611. The number of urea groups is 1. The summed E-state index contributed by atoms with van der Waals surface area (Å²) >= 11 is 0. The molecule has 27 heavy (non-hydrogen) atoms. The third-order valence-electron chi connectivity index (χ3n) is 4.17. The number of anilines is 1. The second-order valence-corrected chi connectivity index (χ2v) is 7.49. The largest absolute Gasteiger partial charge is 0.481 e. The van der Waals surface area contributed by atoms with Crippen LogP contribution in [0.5, 0.6) is 0 Å². The average Bonchev–Trinajstić information content (AvgIpc) is 2.57. The minimum atomic E-state index is -0.911. The molecule has 0 radical (unpaired) electrons. The molecule has 0 saturated heterocycles. The van der Waals surface area contributed by atoms with Gasteiger partial charge < -0.3 is 20.6 Å². The van der Waals surface area contributed by atoms with Crippen LogP contribution in [0.1, 0.15) is 64.2 Å². The highest BCUT2D eigenvalue weighted by Gasteiger charge is 2.24. The monoisotopic (exact) mass is 377 g/mol. The summed E-state index contributed by atoms with van der Waals surface area (Å²) in [5.74, 6) is -1.04. The number of carbonyl (C=O) groups is 3.